The third-order valence-corrected chi connectivity index (χ3v) is 4.37. The lowest BCUT2D eigenvalue weighted by molar-refractivity contribution is -0.143. The summed E-state index contributed by atoms with van der Waals surface area (Å²) in [4.78, 5) is 27.4. The fourth-order valence-electron chi connectivity index (χ4n) is 3.09. The van der Waals surface area contributed by atoms with Crippen LogP contribution in [0.3, 0.4) is 0 Å². The zero-order chi connectivity index (χ0) is 16.2. The highest BCUT2D eigenvalue weighted by Crippen LogP contribution is 2.14. The standard InChI is InChI=1S/C17H21FN2O3/c18-14-5-3-13(4-6-14)10-15-11-20(8-9-23-15)17(22)12-19-7-1-2-16(19)21/h3-6,15H,1-2,7-12H2/t15-/m0/s1. The van der Waals surface area contributed by atoms with Gasteiger partial charge in [0.15, 0.2) is 0 Å². The van der Waals surface area contributed by atoms with E-state index in [9.17, 15) is 14.0 Å². The van der Waals surface area contributed by atoms with Crippen molar-refractivity contribution in [3.05, 3.63) is 35.6 Å². The molecule has 1 aromatic carbocycles. The number of ether oxygens (including phenoxy) is 1. The average molecular weight is 320 g/mol. The fraction of sp³-hybridized carbons (Fsp3) is 0.529. The maximum absolute atomic E-state index is 12.9. The van der Waals surface area contributed by atoms with Gasteiger partial charge >= 0.3 is 0 Å². The van der Waals surface area contributed by atoms with Crippen LogP contribution in [0.2, 0.25) is 0 Å². The van der Waals surface area contributed by atoms with Crippen LogP contribution in [0.25, 0.3) is 0 Å². The van der Waals surface area contributed by atoms with Gasteiger partial charge in [-0.3, -0.25) is 9.59 Å². The Morgan fingerprint density at radius 3 is 2.74 bits per heavy atom. The van der Waals surface area contributed by atoms with Crippen LogP contribution in [0.5, 0.6) is 0 Å². The molecule has 0 unspecified atom stereocenters. The van der Waals surface area contributed by atoms with Crippen molar-refractivity contribution < 1.29 is 18.7 Å². The summed E-state index contributed by atoms with van der Waals surface area (Å²) in [5.74, 6) is -0.215. The van der Waals surface area contributed by atoms with E-state index < -0.39 is 0 Å². The Labute approximate surface area is 135 Å². The van der Waals surface area contributed by atoms with Crippen LogP contribution in [-0.4, -0.2) is 60.5 Å². The third-order valence-electron chi connectivity index (χ3n) is 4.37. The Kier molecular flexibility index (Phi) is 4.91. The molecular formula is C17H21FN2O3. The minimum Gasteiger partial charge on any atom is -0.374 e. The zero-order valence-electron chi connectivity index (χ0n) is 13.0. The molecule has 2 aliphatic rings. The van der Waals surface area contributed by atoms with Crippen LogP contribution in [0.1, 0.15) is 18.4 Å². The molecule has 2 fully saturated rings. The predicted octanol–water partition coefficient (Wildman–Crippen LogP) is 1.22. The van der Waals surface area contributed by atoms with E-state index >= 15 is 0 Å². The number of hydrogen-bond donors (Lipinski definition) is 0. The number of carbonyl (C=O) groups is 2. The Hall–Kier alpha value is -1.95. The molecule has 1 atom stereocenters. The molecule has 5 nitrogen and oxygen atoms in total. The number of amides is 2. The summed E-state index contributed by atoms with van der Waals surface area (Å²) in [6.07, 6.45) is 1.94. The second-order valence-corrected chi connectivity index (χ2v) is 6.08. The number of hydrogen-bond acceptors (Lipinski definition) is 3. The van der Waals surface area contributed by atoms with E-state index in [1.54, 1.807) is 21.9 Å². The van der Waals surface area contributed by atoms with Gasteiger partial charge in [0.25, 0.3) is 0 Å². The highest BCUT2D eigenvalue weighted by Gasteiger charge is 2.28. The molecule has 0 saturated carbocycles. The van der Waals surface area contributed by atoms with Crippen LogP contribution in [-0.2, 0) is 20.7 Å². The third kappa shape index (κ3) is 4.07. The summed E-state index contributed by atoms with van der Waals surface area (Å²) in [6.45, 7) is 2.40. The molecule has 3 rings (SSSR count). The number of likely N-dealkylation sites (tertiary alicyclic amines) is 1. The van der Waals surface area contributed by atoms with Crippen LogP contribution in [0, 0.1) is 5.82 Å². The molecule has 6 heteroatoms. The van der Waals surface area contributed by atoms with Gasteiger partial charge in [-0.05, 0) is 24.1 Å². The van der Waals surface area contributed by atoms with Crippen molar-refractivity contribution in [1.82, 2.24) is 9.80 Å². The van der Waals surface area contributed by atoms with Gasteiger partial charge in [0.2, 0.25) is 11.8 Å². The van der Waals surface area contributed by atoms with Crippen molar-refractivity contribution in [3.63, 3.8) is 0 Å². The quantitative estimate of drug-likeness (QED) is 0.838. The number of nitrogens with zero attached hydrogens (tertiary/aromatic N) is 2. The Morgan fingerprint density at radius 2 is 2.04 bits per heavy atom. The van der Waals surface area contributed by atoms with Gasteiger partial charge in [-0.2, -0.15) is 0 Å². The van der Waals surface area contributed by atoms with Crippen molar-refractivity contribution in [2.45, 2.75) is 25.4 Å². The van der Waals surface area contributed by atoms with E-state index in [0.29, 0.717) is 39.1 Å². The number of rotatable bonds is 4. The molecule has 2 heterocycles. The molecule has 0 radical (unpaired) electrons. The van der Waals surface area contributed by atoms with Gasteiger partial charge < -0.3 is 14.5 Å². The summed E-state index contributed by atoms with van der Waals surface area (Å²) in [5.41, 5.74) is 0.986. The first-order valence-corrected chi connectivity index (χ1v) is 8.03. The van der Waals surface area contributed by atoms with E-state index in [4.69, 9.17) is 4.74 Å². The highest BCUT2D eigenvalue weighted by molar-refractivity contribution is 5.85. The first-order valence-electron chi connectivity index (χ1n) is 8.03. The molecule has 0 aliphatic carbocycles. The number of morpholine rings is 1. The smallest absolute Gasteiger partial charge is 0.242 e. The molecule has 2 saturated heterocycles. The van der Waals surface area contributed by atoms with Crippen LogP contribution in [0.15, 0.2) is 24.3 Å². The molecule has 124 valence electrons. The van der Waals surface area contributed by atoms with E-state index in [-0.39, 0.29) is 30.3 Å². The molecule has 23 heavy (non-hydrogen) atoms. The number of halogens is 1. The van der Waals surface area contributed by atoms with Gasteiger partial charge in [0.05, 0.1) is 19.3 Å². The second-order valence-electron chi connectivity index (χ2n) is 6.08. The minimum absolute atomic E-state index is 0.0207. The lowest BCUT2D eigenvalue weighted by Crippen LogP contribution is -2.49. The Morgan fingerprint density at radius 1 is 1.26 bits per heavy atom. The summed E-state index contributed by atoms with van der Waals surface area (Å²) in [7, 11) is 0. The van der Waals surface area contributed by atoms with Crippen LogP contribution < -0.4 is 0 Å². The van der Waals surface area contributed by atoms with Crippen molar-refractivity contribution in [3.8, 4) is 0 Å². The molecule has 2 amide bonds. The molecule has 0 N–H and O–H groups in total. The maximum Gasteiger partial charge on any atom is 0.242 e. The van der Waals surface area contributed by atoms with Crippen molar-refractivity contribution in [1.29, 1.82) is 0 Å². The van der Waals surface area contributed by atoms with E-state index in [1.165, 1.54) is 12.1 Å². The molecular weight excluding hydrogens is 299 g/mol. The monoisotopic (exact) mass is 320 g/mol. The predicted molar refractivity (Wildman–Crippen MR) is 82.2 cm³/mol. The van der Waals surface area contributed by atoms with Gasteiger partial charge in [-0.15, -0.1) is 0 Å². The number of benzene rings is 1. The van der Waals surface area contributed by atoms with Gasteiger partial charge in [0.1, 0.15) is 5.82 Å². The Balaban J connectivity index is 1.54. The first kappa shape index (κ1) is 15.9. The van der Waals surface area contributed by atoms with Gasteiger partial charge in [0, 0.05) is 32.5 Å². The summed E-state index contributed by atoms with van der Waals surface area (Å²) in [6, 6.07) is 6.34. The summed E-state index contributed by atoms with van der Waals surface area (Å²) >= 11 is 0. The van der Waals surface area contributed by atoms with Crippen LogP contribution in [0.4, 0.5) is 4.39 Å². The summed E-state index contributed by atoms with van der Waals surface area (Å²) < 4.78 is 18.7. The normalized spacial score (nSPS) is 21.8. The summed E-state index contributed by atoms with van der Waals surface area (Å²) in [5, 5.41) is 0. The molecule has 0 bridgehead atoms. The van der Waals surface area contributed by atoms with E-state index in [2.05, 4.69) is 0 Å². The topological polar surface area (TPSA) is 49.9 Å². The largest absolute Gasteiger partial charge is 0.374 e. The molecule has 2 aliphatic heterocycles. The fourth-order valence-corrected chi connectivity index (χ4v) is 3.09. The van der Waals surface area contributed by atoms with Gasteiger partial charge in [-0.25, -0.2) is 4.39 Å². The second kappa shape index (κ2) is 7.08. The van der Waals surface area contributed by atoms with Crippen molar-refractivity contribution >= 4 is 11.8 Å². The van der Waals surface area contributed by atoms with Crippen LogP contribution >= 0.6 is 0 Å². The zero-order valence-corrected chi connectivity index (χ0v) is 13.0. The molecule has 0 aromatic heterocycles. The number of carbonyl (C=O) groups excluding carboxylic acids is 2. The SMILES string of the molecule is O=C1CCCN1CC(=O)N1CCO[C@@H](Cc2ccc(F)cc2)C1. The lowest BCUT2D eigenvalue weighted by Gasteiger charge is -2.34. The lowest BCUT2D eigenvalue weighted by atomic mass is 10.1. The average Bonchev–Trinajstić information content (AvgIpc) is 2.95. The highest BCUT2D eigenvalue weighted by atomic mass is 19.1. The first-order chi connectivity index (χ1) is 11.1. The molecule has 1 aromatic rings. The maximum atomic E-state index is 12.9. The minimum atomic E-state index is -0.259. The Bertz CT molecular complexity index is 576. The van der Waals surface area contributed by atoms with Crippen molar-refractivity contribution in [2.75, 3.05) is 32.8 Å². The molecule has 0 spiro atoms. The van der Waals surface area contributed by atoms with E-state index in [0.717, 1.165) is 12.0 Å². The van der Waals surface area contributed by atoms with Gasteiger partial charge in [-0.1, -0.05) is 12.1 Å². The van der Waals surface area contributed by atoms with E-state index in [1.807, 2.05) is 0 Å². The van der Waals surface area contributed by atoms with Crippen molar-refractivity contribution in [2.24, 2.45) is 0 Å².